The van der Waals surface area contributed by atoms with Gasteiger partial charge in [-0.1, -0.05) is 6.07 Å². The van der Waals surface area contributed by atoms with Crippen LogP contribution in [0.5, 0.6) is 0 Å². The van der Waals surface area contributed by atoms with Crippen LogP contribution in [-0.4, -0.2) is 0 Å². The van der Waals surface area contributed by atoms with Gasteiger partial charge in [0.1, 0.15) is 0 Å². The van der Waals surface area contributed by atoms with Crippen molar-refractivity contribution in [1.29, 1.82) is 0 Å². The molecule has 1 aromatic carbocycles. The molecule has 1 nitrogen and oxygen atoms in total. The summed E-state index contributed by atoms with van der Waals surface area (Å²) in [5.41, 5.74) is 13.7. The highest BCUT2D eigenvalue weighted by molar-refractivity contribution is 5.46. The molecule has 1 heteroatoms. The quantitative estimate of drug-likeness (QED) is 0.835. The Kier molecular flexibility index (Phi) is 2.78. The number of hydrogen-bond donors (Lipinski definition) is 1. The molecule has 2 fully saturated rings. The second-order valence-corrected chi connectivity index (χ2v) is 6.69. The van der Waals surface area contributed by atoms with E-state index in [1.807, 2.05) is 0 Å². The van der Waals surface area contributed by atoms with Gasteiger partial charge >= 0.3 is 0 Å². The zero-order chi connectivity index (χ0) is 13.0. The normalized spacial score (nSPS) is 31.3. The fourth-order valence-corrected chi connectivity index (χ4v) is 4.04. The lowest BCUT2D eigenvalue weighted by Crippen LogP contribution is -2.23. The molecule has 0 heterocycles. The number of fused-ring (bicyclic) bond motifs is 1. The number of benzene rings is 1. The monoisotopic (exact) mass is 243 g/mol. The first-order valence-electron chi connectivity index (χ1n) is 7.32. The van der Waals surface area contributed by atoms with Crippen molar-refractivity contribution in [3.05, 3.63) is 33.9 Å². The average molecular weight is 243 g/mol. The topological polar surface area (TPSA) is 26.0 Å². The molecular formula is C17H25N. The summed E-state index contributed by atoms with van der Waals surface area (Å²) in [5.74, 6) is 2.77. The van der Waals surface area contributed by atoms with Gasteiger partial charge < -0.3 is 5.73 Å². The van der Waals surface area contributed by atoms with E-state index in [0.717, 1.165) is 17.8 Å². The first kappa shape index (κ1) is 12.2. The standard InChI is InChI=1S/C17H25N/c1-9-5-10(2)12(4)16(11(9)3)17(18)15-7-13-6-14(13)8-15/h5,13-15,17H,6-8,18H2,1-4H3. The molecule has 3 atom stereocenters. The Morgan fingerprint density at radius 2 is 1.44 bits per heavy atom. The van der Waals surface area contributed by atoms with Crippen LogP contribution in [0.4, 0.5) is 0 Å². The fourth-order valence-electron chi connectivity index (χ4n) is 4.04. The molecule has 18 heavy (non-hydrogen) atoms. The third kappa shape index (κ3) is 1.80. The van der Waals surface area contributed by atoms with Gasteiger partial charge in [-0.15, -0.1) is 0 Å². The molecule has 0 amide bonds. The summed E-state index contributed by atoms with van der Waals surface area (Å²) in [6.07, 6.45) is 4.23. The van der Waals surface area contributed by atoms with E-state index in [2.05, 4.69) is 33.8 Å². The van der Waals surface area contributed by atoms with Crippen molar-refractivity contribution in [2.45, 2.75) is 53.0 Å². The van der Waals surface area contributed by atoms with E-state index in [1.165, 1.54) is 47.1 Å². The smallest absolute Gasteiger partial charge is 0.0329 e. The summed E-state index contributed by atoms with van der Waals surface area (Å²) < 4.78 is 0. The predicted octanol–water partition coefficient (Wildman–Crippen LogP) is 3.97. The third-order valence-corrected chi connectivity index (χ3v) is 5.55. The van der Waals surface area contributed by atoms with Gasteiger partial charge in [0, 0.05) is 6.04 Å². The minimum absolute atomic E-state index is 0.261. The highest BCUT2D eigenvalue weighted by Crippen LogP contribution is 2.57. The first-order valence-corrected chi connectivity index (χ1v) is 7.32. The van der Waals surface area contributed by atoms with Gasteiger partial charge in [-0.25, -0.2) is 0 Å². The van der Waals surface area contributed by atoms with Gasteiger partial charge in [0.25, 0.3) is 0 Å². The third-order valence-electron chi connectivity index (χ3n) is 5.55. The van der Waals surface area contributed by atoms with Crippen molar-refractivity contribution < 1.29 is 0 Å². The lowest BCUT2D eigenvalue weighted by atomic mass is 9.83. The molecule has 0 aromatic heterocycles. The maximum atomic E-state index is 6.62. The van der Waals surface area contributed by atoms with E-state index in [1.54, 1.807) is 0 Å². The SMILES string of the molecule is Cc1cc(C)c(C)c(C(N)C2CC3CC3C2)c1C. The van der Waals surface area contributed by atoms with Gasteiger partial charge in [-0.2, -0.15) is 0 Å². The van der Waals surface area contributed by atoms with E-state index < -0.39 is 0 Å². The molecule has 2 aliphatic rings. The van der Waals surface area contributed by atoms with E-state index >= 15 is 0 Å². The molecule has 0 radical (unpaired) electrons. The van der Waals surface area contributed by atoms with Crippen LogP contribution in [0.15, 0.2) is 6.07 Å². The van der Waals surface area contributed by atoms with Crippen LogP contribution < -0.4 is 5.73 Å². The van der Waals surface area contributed by atoms with E-state index in [4.69, 9.17) is 5.73 Å². The fraction of sp³-hybridized carbons (Fsp3) is 0.647. The molecule has 0 bridgehead atoms. The Hall–Kier alpha value is -0.820. The summed E-state index contributed by atoms with van der Waals surface area (Å²) >= 11 is 0. The number of nitrogens with two attached hydrogens (primary N) is 1. The van der Waals surface area contributed by atoms with Crippen molar-refractivity contribution in [1.82, 2.24) is 0 Å². The molecule has 0 aliphatic heterocycles. The van der Waals surface area contributed by atoms with Crippen LogP contribution in [0.2, 0.25) is 0 Å². The van der Waals surface area contributed by atoms with Gasteiger partial charge in [0.05, 0.1) is 0 Å². The maximum Gasteiger partial charge on any atom is 0.0329 e. The molecule has 2 aliphatic carbocycles. The zero-order valence-corrected chi connectivity index (χ0v) is 12.1. The summed E-state index contributed by atoms with van der Waals surface area (Å²) in [6.45, 7) is 8.91. The second-order valence-electron chi connectivity index (χ2n) is 6.69. The first-order chi connectivity index (χ1) is 8.49. The highest BCUT2D eigenvalue weighted by atomic mass is 14.7. The molecule has 1 aromatic rings. The lowest BCUT2D eigenvalue weighted by molar-refractivity contribution is 0.401. The van der Waals surface area contributed by atoms with Crippen molar-refractivity contribution >= 4 is 0 Å². The highest BCUT2D eigenvalue weighted by Gasteiger charge is 2.47. The van der Waals surface area contributed by atoms with E-state index in [9.17, 15) is 0 Å². The van der Waals surface area contributed by atoms with Gasteiger partial charge in [0.15, 0.2) is 0 Å². The van der Waals surface area contributed by atoms with Crippen LogP contribution in [0.25, 0.3) is 0 Å². The molecule has 98 valence electrons. The van der Waals surface area contributed by atoms with Crippen LogP contribution in [0, 0.1) is 45.4 Å². The Morgan fingerprint density at radius 3 is 1.94 bits per heavy atom. The van der Waals surface area contributed by atoms with Crippen LogP contribution in [0.1, 0.15) is 53.1 Å². The molecule has 3 rings (SSSR count). The van der Waals surface area contributed by atoms with E-state index in [-0.39, 0.29) is 6.04 Å². The number of aryl methyl sites for hydroxylation is 2. The van der Waals surface area contributed by atoms with Crippen LogP contribution >= 0.6 is 0 Å². The number of rotatable bonds is 2. The Bertz CT molecular complexity index is 453. The number of hydrogen-bond acceptors (Lipinski definition) is 1. The molecular weight excluding hydrogens is 218 g/mol. The van der Waals surface area contributed by atoms with Crippen molar-refractivity contribution in [3.63, 3.8) is 0 Å². The largest absolute Gasteiger partial charge is 0.324 e. The lowest BCUT2D eigenvalue weighted by Gasteiger charge is -2.26. The van der Waals surface area contributed by atoms with Crippen LogP contribution in [0.3, 0.4) is 0 Å². The Balaban J connectivity index is 1.95. The minimum Gasteiger partial charge on any atom is -0.324 e. The van der Waals surface area contributed by atoms with Gasteiger partial charge in [-0.05, 0) is 92.5 Å². The minimum atomic E-state index is 0.261. The van der Waals surface area contributed by atoms with Crippen molar-refractivity contribution in [3.8, 4) is 0 Å². The Labute approximate surface area is 111 Å². The molecule has 0 saturated heterocycles. The molecule has 2 saturated carbocycles. The summed E-state index contributed by atoms with van der Waals surface area (Å²) in [4.78, 5) is 0. The maximum absolute atomic E-state index is 6.62. The average Bonchev–Trinajstić information content (AvgIpc) is 2.94. The predicted molar refractivity (Wildman–Crippen MR) is 76.6 cm³/mol. The summed E-state index contributed by atoms with van der Waals surface area (Å²) in [5, 5.41) is 0. The molecule has 0 spiro atoms. The Morgan fingerprint density at radius 1 is 0.944 bits per heavy atom. The van der Waals surface area contributed by atoms with Gasteiger partial charge in [-0.3, -0.25) is 0 Å². The zero-order valence-electron chi connectivity index (χ0n) is 12.1. The second kappa shape index (κ2) is 4.09. The van der Waals surface area contributed by atoms with E-state index in [0.29, 0.717) is 0 Å². The molecule has 2 N–H and O–H groups in total. The summed E-state index contributed by atoms with van der Waals surface area (Å²) in [7, 11) is 0. The summed E-state index contributed by atoms with van der Waals surface area (Å²) in [6, 6.07) is 2.56. The van der Waals surface area contributed by atoms with Gasteiger partial charge in [0.2, 0.25) is 0 Å². The van der Waals surface area contributed by atoms with Crippen molar-refractivity contribution in [2.75, 3.05) is 0 Å². The van der Waals surface area contributed by atoms with Crippen molar-refractivity contribution in [2.24, 2.45) is 23.5 Å². The van der Waals surface area contributed by atoms with Crippen LogP contribution in [-0.2, 0) is 0 Å². The molecule has 3 unspecified atom stereocenters.